The molecule has 0 bridgehead atoms. The maximum atomic E-state index is 12.7. The van der Waals surface area contributed by atoms with Gasteiger partial charge in [0.15, 0.2) is 9.84 Å². The number of amides is 1. The smallest absolute Gasteiger partial charge is 0.226 e. The van der Waals surface area contributed by atoms with Gasteiger partial charge < -0.3 is 15.4 Å². The highest BCUT2D eigenvalue weighted by Crippen LogP contribution is 2.28. The molecule has 0 aromatic carbocycles. The summed E-state index contributed by atoms with van der Waals surface area (Å²) in [6, 6.07) is -0.0664. The summed E-state index contributed by atoms with van der Waals surface area (Å²) in [5, 5.41) is 0. The van der Waals surface area contributed by atoms with Crippen molar-refractivity contribution in [2.24, 2.45) is 11.7 Å². The van der Waals surface area contributed by atoms with E-state index in [-0.39, 0.29) is 47.8 Å². The van der Waals surface area contributed by atoms with Crippen molar-refractivity contribution < 1.29 is 17.9 Å². The fraction of sp³-hybridized carbons (Fsp3) is 0.929. The van der Waals surface area contributed by atoms with Crippen LogP contribution in [-0.4, -0.2) is 63.1 Å². The lowest BCUT2D eigenvalue weighted by atomic mass is 10.0. The Morgan fingerprint density at radius 1 is 1.32 bits per heavy atom. The minimum atomic E-state index is -2.99. The minimum absolute atomic E-state index is 0. The second-order valence-corrected chi connectivity index (χ2v) is 8.43. The summed E-state index contributed by atoms with van der Waals surface area (Å²) in [5.74, 6) is 0.340. The van der Waals surface area contributed by atoms with E-state index in [1.165, 1.54) is 0 Å². The van der Waals surface area contributed by atoms with Crippen LogP contribution in [0.4, 0.5) is 0 Å². The topological polar surface area (TPSA) is 89.7 Å². The SMILES string of the molecule is COCCCN(C(=O)C1CCC(N)C1)C1CCS(=O)(=O)C1.Cl. The van der Waals surface area contributed by atoms with Gasteiger partial charge in [-0.3, -0.25) is 4.79 Å². The number of hydrogen-bond acceptors (Lipinski definition) is 5. The maximum Gasteiger partial charge on any atom is 0.226 e. The Labute approximate surface area is 139 Å². The van der Waals surface area contributed by atoms with Gasteiger partial charge in [-0.25, -0.2) is 8.42 Å². The molecule has 2 fully saturated rings. The van der Waals surface area contributed by atoms with Gasteiger partial charge in [-0.15, -0.1) is 12.4 Å². The molecule has 3 atom stereocenters. The summed E-state index contributed by atoms with van der Waals surface area (Å²) in [4.78, 5) is 14.5. The first-order chi connectivity index (χ1) is 9.93. The molecular formula is C14H27ClN2O4S. The Morgan fingerprint density at radius 2 is 2.05 bits per heavy atom. The first-order valence-electron chi connectivity index (χ1n) is 7.68. The van der Waals surface area contributed by atoms with Crippen LogP contribution in [0.15, 0.2) is 0 Å². The lowest BCUT2D eigenvalue weighted by molar-refractivity contribution is -0.137. The molecule has 1 saturated heterocycles. The van der Waals surface area contributed by atoms with Crippen molar-refractivity contribution in [1.29, 1.82) is 0 Å². The van der Waals surface area contributed by atoms with E-state index < -0.39 is 9.84 Å². The van der Waals surface area contributed by atoms with E-state index in [4.69, 9.17) is 10.5 Å². The predicted molar refractivity (Wildman–Crippen MR) is 87.8 cm³/mol. The molecule has 0 radical (unpaired) electrons. The monoisotopic (exact) mass is 354 g/mol. The molecule has 1 amide bonds. The first-order valence-corrected chi connectivity index (χ1v) is 9.50. The minimum Gasteiger partial charge on any atom is -0.385 e. The molecule has 1 aliphatic heterocycles. The Hall–Kier alpha value is -0.370. The molecule has 6 nitrogen and oxygen atoms in total. The van der Waals surface area contributed by atoms with E-state index in [9.17, 15) is 13.2 Å². The van der Waals surface area contributed by atoms with Crippen molar-refractivity contribution in [3.8, 4) is 0 Å². The first kappa shape index (κ1) is 19.7. The van der Waals surface area contributed by atoms with E-state index in [1.807, 2.05) is 0 Å². The van der Waals surface area contributed by atoms with Gasteiger partial charge >= 0.3 is 0 Å². The molecule has 22 heavy (non-hydrogen) atoms. The average Bonchev–Trinajstić information content (AvgIpc) is 3.00. The zero-order chi connectivity index (χ0) is 15.5. The van der Waals surface area contributed by atoms with Crippen molar-refractivity contribution in [2.45, 2.75) is 44.2 Å². The van der Waals surface area contributed by atoms with E-state index in [0.29, 0.717) is 19.6 Å². The second kappa shape index (κ2) is 8.47. The molecule has 1 saturated carbocycles. The zero-order valence-electron chi connectivity index (χ0n) is 13.1. The molecule has 2 aliphatic rings. The van der Waals surface area contributed by atoms with Gasteiger partial charge in [0.2, 0.25) is 5.91 Å². The van der Waals surface area contributed by atoms with Gasteiger partial charge in [-0.2, -0.15) is 0 Å². The van der Waals surface area contributed by atoms with Crippen molar-refractivity contribution in [3.63, 3.8) is 0 Å². The summed E-state index contributed by atoms with van der Waals surface area (Å²) >= 11 is 0. The number of methoxy groups -OCH3 is 1. The summed E-state index contributed by atoms with van der Waals surface area (Å²) in [7, 11) is -1.36. The fourth-order valence-corrected chi connectivity index (χ4v) is 5.08. The van der Waals surface area contributed by atoms with Crippen LogP contribution in [0.3, 0.4) is 0 Å². The standard InChI is InChI=1S/C14H26N2O4S.ClH/c1-20-7-2-6-16(13-5-8-21(18,19)10-13)14(17)11-3-4-12(15)9-11;/h11-13H,2-10,15H2,1H3;1H. The van der Waals surface area contributed by atoms with Crippen molar-refractivity contribution in [3.05, 3.63) is 0 Å². The van der Waals surface area contributed by atoms with Gasteiger partial charge in [-0.05, 0) is 32.1 Å². The number of halogens is 1. The molecule has 130 valence electrons. The molecule has 1 aliphatic carbocycles. The van der Waals surface area contributed by atoms with Crippen LogP contribution in [0.25, 0.3) is 0 Å². The number of ether oxygens (including phenoxy) is 1. The van der Waals surface area contributed by atoms with E-state index in [0.717, 1.165) is 25.7 Å². The third-order valence-electron chi connectivity index (χ3n) is 4.50. The van der Waals surface area contributed by atoms with Gasteiger partial charge in [0.1, 0.15) is 0 Å². The van der Waals surface area contributed by atoms with Crippen molar-refractivity contribution in [1.82, 2.24) is 4.90 Å². The fourth-order valence-electron chi connectivity index (χ4n) is 3.35. The highest BCUT2D eigenvalue weighted by Gasteiger charge is 2.38. The van der Waals surface area contributed by atoms with Gasteiger partial charge in [-0.1, -0.05) is 0 Å². The van der Waals surface area contributed by atoms with Crippen LogP contribution in [0.2, 0.25) is 0 Å². The highest BCUT2D eigenvalue weighted by molar-refractivity contribution is 7.91. The Kier molecular flexibility index (Phi) is 7.58. The van der Waals surface area contributed by atoms with Crippen LogP contribution < -0.4 is 5.73 Å². The molecule has 8 heteroatoms. The molecular weight excluding hydrogens is 328 g/mol. The number of hydrogen-bond donors (Lipinski definition) is 1. The molecule has 3 unspecified atom stereocenters. The summed E-state index contributed by atoms with van der Waals surface area (Å²) in [6.07, 6.45) is 3.71. The summed E-state index contributed by atoms with van der Waals surface area (Å²) < 4.78 is 28.4. The van der Waals surface area contributed by atoms with Crippen LogP contribution in [0.1, 0.15) is 32.1 Å². The van der Waals surface area contributed by atoms with Crippen LogP contribution in [-0.2, 0) is 19.4 Å². The lowest BCUT2D eigenvalue weighted by Gasteiger charge is -2.30. The normalized spacial score (nSPS) is 30.0. The number of nitrogens with two attached hydrogens (primary N) is 1. The van der Waals surface area contributed by atoms with Crippen molar-refractivity contribution in [2.75, 3.05) is 31.8 Å². The number of carbonyl (C=O) groups is 1. The summed E-state index contributed by atoms with van der Waals surface area (Å²) in [6.45, 7) is 1.14. The molecule has 0 spiro atoms. The van der Waals surface area contributed by atoms with E-state index in [2.05, 4.69) is 0 Å². The van der Waals surface area contributed by atoms with E-state index in [1.54, 1.807) is 12.0 Å². The van der Waals surface area contributed by atoms with Crippen LogP contribution in [0, 0.1) is 5.92 Å². The Balaban J connectivity index is 0.00000242. The van der Waals surface area contributed by atoms with Crippen molar-refractivity contribution >= 4 is 28.2 Å². The second-order valence-electron chi connectivity index (χ2n) is 6.20. The Morgan fingerprint density at radius 3 is 2.55 bits per heavy atom. The Bertz CT molecular complexity index is 471. The van der Waals surface area contributed by atoms with E-state index >= 15 is 0 Å². The van der Waals surface area contributed by atoms with Crippen LogP contribution in [0.5, 0.6) is 0 Å². The quantitative estimate of drug-likeness (QED) is 0.705. The number of sulfone groups is 1. The maximum absolute atomic E-state index is 12.7. The zero-order valence-corrected chi connectivity index (χ0v) is 14.7. The molecule has 2 rings (SSSR count). The van der Waals surface area contributed by atoms with Gasteiger partial charge in [0.25, 0.3) is 0 Å². The molecule has 0 aromatic heterocycles. The molecule has 0 aromatic rings. The number of carbonyl (C=O) groups excluding carboxylic acids is 1. The number of rotatable bonds is 6. The third-order valence-corrected chi connectivity index (χ3v) is 6.25. The lowest BCUT2D eigenvalue weighted by Crippen LogP contribution is -2.44. The van der Waals surface area contributed by atoms with Gasteiger partial charge in [0, 0.05) is 38.3 Å². The largest absolute Gasteiger partial charge is 0.385 e. The molecule has 1 heterocycles. The highest BCUT2D eigenvalue weighted by atomic mass is 35.5. The predicted octanol–water partition coefficient (Wildman–Crippen LogP) is 0.588. The summed E-state index contributed by atoms with van der Waals surface area (Å²) in [5.41, 5.74) is 5.89. The van der Waals surface area contributed by atoms with Gasteiger partial charge in [0.05, 0.1) is 11.5 Å². The average molecular weight is 355 g/mol. The number of nitrogens with zero attached hydrogens (tertiary/aromatic N) is 1. The molecule has 2 N–H and O–H groups in total. The third kappa shape index (κ3) is 5.08. The van der Waals surface area contributed by atoms with Crippen LogP contribution >= 0.6 is 12.4 Å².